The molecule has 0 saturated carbocycles. The minimum atomic E-state index is -3.92. The Morgan fingerprint density at radius 2 is 1.84 bits per heavy atom. The molecular weight excluding hydrogens is 307 g/mol. The number of nitrogens with zero attached hydrogens (tertiary/aromatic N) is 2. The lowest BCUT2D eigenvalue weighted by atomic mass is 10.1. The molecule has 102 valence electrons. The molecule has 0 aliphatic rings. The van der Waals surface area contributed by atoms with Crippen LogP contribution in [0.5, 0.6) is 0 Å². The minimum absolute atomic E-state index is 0.00111. The average molecular weight is 319 g/mol. The lowest BCUT2D eigenvalue weighted by Gasteiger charge is -2.08. The summed E-state index contributed by atoms with van der Waals surface area (Å²) in [6, 6.07) is 5.77. The summed E-state index contributed by atoms with van der Waals surface area (Å²) in [5, 5.41) is 4.17. The van der Waals surface area contributed by atoms with Gasteiger partial charge in [0.1, 0.15) is 4.90 Å². The van der Waals surface area contributed by atoms with E-state index in [1.54, 1.807) is 6.92 Å². The summed E-state index contributed by atoms with van der Waals surface area (Å²) < 4.78 is 24.4. The van der Waals surface area contributed by atoms with E-state index in [2.05, 4.69) is 5.10 Å². The van der Waals surface area contributed by atoms with Crippen molar-refractivity contribution in [2.45, 2.75) is 25.7 Å². The average Bonchev–Trinajstić information content (AvgIpc) is 2.57. The molecule has 7 heteroatoms. The Balaban J connectivity index is 2.75. The molecular formula is C12H12Cl2N2O2S. The van der Waals surface area contributed by atoms with Crippen molar-refractivity contribution < 1.29 is 8.42 Å². The smallest absolute Gasteiger partial charge is 0.220 e. The van der Waals surface area contributed by atoms with Gasteiger partial charge in [-0.15, -0.1) is 0 Å². The van der Waals surface area contributed by atoms with Crippen LogP contribution in [-0.2, 0) is 9.05 Å². The molecule has 2 aromatic rings. The number of aryl methyl sites for hydroxylation is 3. The Hall–Kier alpha value is -1.04. The first-order valence-electron chi connectivity index (χ1n) is 5.49. The predicted molar refractivity (Wildman–Crippen MR) is 75.8 cm³/mol. The van der Waals surface area contributed by atoms with Crippen molar-refractivity contribution in [3.8, 4) is 5.69 Å². The Kier molecular flexibility index (Phi) is 3.64. The van der Waals surface area contributed by atoms with Crippen molar-refractivity contribution in [3.05, 3.63) is 40.2 Å². The fourth-order valence-electron chi connectivity index (χ4n) is 1.87. The molecule has 2 rings (SSSR count). The highest BCUT2D eigenvalue weighted by Gasteiger charge is 2.25. The van der Waals surface area contributed by atoms with E-state index in [1.165, 1.54) is 4.68 Å². The normalized spacial score (nSPS) is 11.8. The van der Waals surface area contributed by atoms with Crippen molar-refractivity contribution in [1.82, 2.24) is 9.78 Å². The fraction of sp³-hybridized carbons (Fsp3) is 0.250. The third-order valence-corrected chi connectivity index (χ3v) is 4.69. The van der Waals surface area contributed by atoms with Crippen LogP contribution in [0, 0.1) is 20.8 Å². The third-order valence-electron chi connectivity index (χ3n) is 2.79. The number of halogens is 2. The van der Waals surface area contributed by atoms with Crippen LogP contribution >= 0.6 is 22.3 Å². The molecule has 0 amide bonds. The third kappa shape index (κ3) is 2.63. The Morgan fingerprint density at radius 1 is 1.21 bits per heavy atom. The molecule has 0 bridgehead atoms. The highest BCUT2D eigenvalue weighted by Crippen LogP contribution is 2.31. The monoisotopic (exact) mass is 318 g/mol. The molecule has 4 nitrogen and oxygen atoms in total. The van der Waals surface area contributed by atoms with Gasteiger partial charge >= 0.3 is 0 Å². The van der Waals surface area contributed by atoms with Crippen molar-refractivity contribution in [3.63, 3.8) is 0 Å². The van der Waals surface area contributed by atoms with Gasteiger partial charge in [0.2, 0.25) is 0 Å². The van der Waals surface area contributed by atoms with Crippen LogP contribution in [0.25, 0.3) is 5.69 Å². The molecule has 0 atom stereocenters. The van der Waals surface area contributed by atoms with Gasteiger partial charge in [0.05, 0.1) is 11.4 Å². The second-order valence-corrected chi connectivity index (χ2v) is 7.21. The molecule has 1 aromatic heterocycles. The first kappa shape index (κ1) is 14.4. The van der Waals surface area contributed by atoms with E-state index in [4.69, 9.17) is 22.3 Å². The molecule has 0 aliphatic carbocycles. The Labute approximate surface area is 121 Å². The maximum Gasteiger partial charge on any atom is 0.266 e. The highest BCUT2D eigenvalue weighted by molar-refractivity contribution is 8.13. The van der Waals surface area contributed by atoms with E-state index >= 15 is 0 Å². The van der Waals surface area contributed by atoms with E-state index in [9.17, 15) is 8.42 Å². The van der Waals surface area contributed by atoms with Crippen molar-refractivity contribution >= 4 is 31.3 Å². The molecule has 0 spiro atoms. The molecule has 0 aliphatic heterocycles. The summed E-state index contributed by atoms with van der Waals surface area (Å²) in [5.41, 5.74) is 2.98. The van der Waals surface area contributed by atoms with Gasteiger partial charge in [0.15, 0.2) is 5.15 Å². The summed E-state index contributed by atoms with van der Waals surface area (Å²) in [5.74, 6) is 0. The first-order chi connectivity index (χ1) is 8.71. The predicted octanol–water partition coefficient (Wildman–Crippen LogP) is 3.38. The van der Waals surface area contributed by atoms with Gasteiger partial charge in [-0.1, -0.05) is 23.7 Å². The van der Waals surface area contributed by atoms with Crippen LogP contribution < -0.4 is 0 Å². The lowest BCUT2D eigenvalue weighted by Crippen LogP contribution is -2.00. The molecule has 0 fully saturated rings. The molecule has 0 N–H and O–H groups in total. The largest absolute Gasteiger partial charge is 0.266 e. The summed E-state index contributed by atoms with van der Waals surface area (Å²) >= 11 is 6.11. The van der Waals surface area contributed by atoms with E-state index in [0.29, 0.717) is 0 Å². The molecule has 0 unspecified atom stereocenters. The number of hydrogen-bond donors (Lipinski definition) is 0. The zero-order valence-corrected chi connectivity index (χ0v) is 12.9. The molecule has 0 saturated heterocycles. The van der Waals surface area contributed by atoms with Crippen molar-refractivity contribution in [1.29, 1.82) is 0 Å². The zero-order valence-electron chi connectivity index (χ0n) is 10.6. The maximum atomic E-state index is 11.5. The quantitative estimate of drug-likeness (QED) is 0.797. The van der Waals surface area contributed by atoms with Crippen LogP contribution in [0.1, 0.15) is 16.8 Å². The van der Waals surface area contributed by atoms with E-state index in [1.807, 2.05) is 32.0 Å². The van der Waals surface area contributed by atoms with E-state index in [-0.39, 0.29) is 15.7 Å². The fourth-order valence-corrected chi connectivity index (χ4v) is 3.79. The van der Waals surface area contributed by atoms with Crippen LogP contribution in [0.3, 0.4) is 0 Å². The van der Waals surface area contributed by atoms with Gasteiger partial charge in [0.25, 0.3) is 9.05 Å². The Morgan fingerprint density at radius 3 is 2.37 bits per heavy atom. The zero-order chi connectivity index (χ0) is 14.4. The number of aromatic nitrogens is 2. The summed E-state index contributed by atoms with van der Waals surface area (Å²) in [6.07, 6.45) is 0. The van der Waals surface area contributed by atoms with Gasteiger partial charge in [-0.25, -0.2) is 13.1 Å². The van der Waals surface area contributed by atoms with E-state index < -0.39 is 9.05 Å². The molecule has 19 heavy (non-hydrogen) atoms. The topological polar surface area (TPSA) is 52.0 Å². The Bertz CT molecular complexity index is 751. The van der Waals surface area contributed by atoms with Gasteiger partial charge in [0, 0.05) is 10.7 Å². The molecule has 1 aromatic carbocycles. The standard InChI is InChI=1S/C12H12Cl2N2O2S/c1-7-4-5-8(2)10(6-7)16-12(13)11(9(3)15-16)19(14,17)18/h4-6H,1-3H3. The highest BCUT2D eigenvalue weighted by atomic mass is 35.7. The van der Waals surface area contributed by atoms with Gasteiger partial charge in [-0.05, 0) is 38.0 Å². The second-order valence-electron chi connectivity index (χ2n) is 4.34. The van der Waals surface area contributed by atoms with E-state index in [0.717, 1.165) is 16.8 Å². The van der Waals surface area contributed by atoms with Gasteiger partial charge < -0.3 is 0 Å². The maximum absolute atomic E-state index is 11.5. The second kappa shape index (κ2) is 4.81. The summed E-state index contributed by atoms with van der Waals surface area (Å²) in [7, 11) is 1.46. The molecule has 0 radical (unpaired) electrons. The SMILES string of the molecule is Cc1ccc(C)c(-n2nc(C)c(S(=O)(=O)Cl)c2Cl)c1. The summed E-state index contributed by atoms with van der Waals surface area (Å²) in [6.45, 7) is 5.40. The first-order valence-corrected chi connectivity index (χ1v) is 8.18. The number of rotatable bonds is 2. The molecule has 1 heterocycles. The van der Waals surface area contributed by atoms with Crippen LogP contribution in [0.4, 0.5) is 0 Å². The van der Waals surface area contributed by atoms with Gasteiger partial charge in [-0.2, -0.15) is 5.10 Å². The van der Waals surface area contributed by atoms with Crippen molar-refractivity contribution in [2.75, 3.05) is 0 Å². The van der Waals surface area contributed by atoms with Gasteiger partial charge in [-0.3, -0.25) is 0 Å². The van der Waals surface area contributed by atoms with Crippen LogP contribution in [-0.4, -0.2) is 18.2 Å². The number of benzene rings is 1. The van der Waals surface area contributed by atoms with Crippen LogP contribution in [0.2, 0.25) is 5.15 Å². The van der Waals surface area contributed by atoms with Crippen molar-refractivity contribution in [2.24, 2.45) is 0 Å². The minimum Gasteiger partial charge on any atom is -0.220 e. The lowest BCUT2D eigenvalue weighted by molar-refractivity contribution is 0.609. The van der Waals surface area contributed by atoms with Crippen LogP contribution in [0.15, 0.2) is 23.1 Å². The number of hydrogen-bond acceptors (Lipinski definition) is 3. The summed E-state index contributed by atoms with van der Waals surface area (Å²) in [4.78, 5) is -0.142.